The van der Waals surface area contributed by atoms with Crippen LogP contribution in [0.25, 0.3) is 11.5 Å². The number of nitrogens with zero attached hydrogens (tertiary/aromatic N) is 4. The van der Waals surface area contributed by atoms with Crippen molar-refractivity contribution >= 4 is 28.9 Å². The molecule has 1 saturated heterocycles. The maximum atomic E-state index is 12.7. The topological polar surface area (TPSA) is 106 Å². The molecule has 0 atom stereocenters. The lowest BCUT2D eigenvalue weighted by atomic mass is 10.2. The van der Waals surface area contributed by atoms with Crippen LogP contribution in [-0.4, -0.2) is 47.1 Å². The van der Waals surface area contributed by atoms with Gasteiger partial charge in [0.25, 0.3) is 11.6 Å². The van der Waals surface area contributed by atoms with E-state index in [0.29, 0.717) is 48.4 Å². The molecule has 1 fully saturated rings. The predicted octanol–water partition coefficient (Wildman–Crippen LogP) is 3.46. The molecule has 1 aromatic carbocycles. The van der Waals surface area contributed by atoms with Crippen molar-refractivity contribution in [2.24, 2.45) is 0 Å². The minimum absolute atomic E-state index is 0.0492. The number of nitro benzene ring substituents is 1. The van der Waals surface area contributed by atoms with Crippen molar-refractivity contribution in [2.45, 2.75) is 0 Å². The maximum absolute atomic E-state index is 12.7. The number of nitro groups is 1. The van der Waals surface area contributed by atoms with Crippen molar-refractivity contribution < 1.29 is 18.7 Å². The fourth-order valence-electron chi connectivity index (χ4n) is 3.13. The lowest BCUT2D eigenvalue weighted by Crippen LogP contribution is -2.49. The third kappa shape index (κ3) is 3.44. The highest BCUT2D eigenvalue weighted by molar-refractivity contribution is 6.30. The lowest BCUT2D eigenvalue weighted by molar-refractivity contribution is -0.384. The van der Waals surface area contributed by atoms with Gasteiger partial charge in [0.05, 0.1) is 11.2 Å². The summed E-state index contributed by atoms with van der Waals surface area (Å²) in [7, 11) is 0. The number of halogens is 1. The van der Waals surface area contributed by atoms with Gasteiger partial charge in [-0.1, -0.05) is 16.8 Å². The van der Waals surface area contributed by atoms with Crippen LogP contribution in [0.1, 0.15) is 10.5 Å². The van der Waals surface area contributed by atoms with Crippen molar-refractivity contribution in [1.82, 2.24) is 10.1 Å². The van der Waals surface area contributed by atoms with Gasteiger partial charge in [0, 0.05) is 43.3 Å². The third-order valence-electron chi connectivity index (χ3n) is 4.54. The molecule has 144 valence electrons. The smallest absolute Gasteiger partial charge is 0.294 e. The number of hydrogen-bond acceptors (Lipinski definition) is 7. The Hall–Kier alpha value is -3.33. The monoisotopic (exact) mass is 402 g/mol. The largest absolute Gasteiger partial charge is 0.461 e. The number of rotatable bonds is 4. The van der Waals surface area contributed by atoms with Gasteiger partial charge in [0.15, 0.2) is 11.5 Å². The quantitative estimate of drug-likeness (QED) is 0.486. The number of aromatic nitrogens is 1. The van der Waals surface area contributed by atoms with Gasteiger partial charge in [0.2, 0.25) is 5.76 Å². The second-order valence-electron chi connectivity index (χ2n) is 6.22. The Morgan fingerprint density at radius 1 is 1.14 bits per heavy atom. The Morgan fingerprint density at radius 3 is 2.61 bits per heavy atom. The molecule has 0 spiro atoms. The van der Waals surface area contributed by atoms with E-state index in [1.165, 1.54) is 18.4 Å². The highest BCUT2D eigenvalue weighted by atomic mass is 35.5. The van der Waals surface area contributed by atoms with Crippen LogP contribution in [0.15, 0.2) is 51.6 Å². The number of carbonyl (C=O) groups is 1. The van der Waals surface area contributed by atoms with Crippen LogP contribution in [0.3, 0.4) is 0 Å². The van der Waals surface area contributed by atoms with Crippen LogP contribution in [0.4, 0.5) is 11.4 Å². The van der Waals surface area contributed by atoms with E-state index in [0.717, 1.165) is 0 Å². The van der Waals surface area contributed by atoms with Crippen LogP contribution in [-0.2, 0) is 0 Å². The highest BCUT2D eigenvalue weighted by Gasteiger charge is 2.28. The maximum Gasteiger partial charge on any atom is 0.294 e. The molecule has 10 heteroatoms. The summed E-state index contributed by atoms with van der Waals surface area (Å²) in [5.41, 5.74) is 0.632. The molecule has 28 heavy (non-hydrogen) atoms. The molecular formula is C18H15ClN4O5. The van der Waals surface area contributed by atoms with E-state index in [1.54, 1.807) is 29.2 Å². The van der Waals surface area contributed by atoms with Crippen LogP contribution in [0, 0.1) is 10.1 Å². The number of furan rings is 1. The average molecular weight is 403 g/mol. The van der Waals surface area contributed by atoms with E-state index in [2.05, 4.69) is 5.16 Å². The van der Waals surface area contributed by atoms with Crippen molar-refractivity contribution in [3.8, 4) is 11.5 Å². The summed E-state index contributed by atoms with van der Waals surface area (Å²) >= 11 is 5.87. The molecule has 1 aliphatic rings. The minimum Gasteiger partial charge on any atom is -0.461 e. The molecule has 0 saturated carbocycles. The summed E-state index contributed by atoms with van der Waals surface area (Å²) in [6, 6.07) is 9.55. The molecule has 0 aliphatic carbocycles. The summed E-state index contributed by atoms with van der Waals surface area (Å²) in [6.07, 6.45) is 1.51. The van der Waals surface area contributed by atoms with Gasteiger partial charge in [-0.2, -0.15) is 0 Å². The Kier molecular flexibility index (Phi) is 4.74. The summed E-state index contributed by atoms with van der Waals surface area (Å²) in [6.45, 7) is 1.72. The first-order chi connectivity index (χ1) is 13.5. The number of anilines is 1. The van der Waals surface area contributed by atoms with E-state index in [4.69, 9.17) is 20.5 Å². The normalized spacial score (nSPS) is 14.3. The standard InChI is InChI=1S/C18H15ClN4O5/c19-12-3-4-14(15(10-12)23(25)26)21-5-7-22(8-6-21)18(24)13-11-17(28-20-13)16-2-1-9-27-16/h1-4,9-11H,5-8H2. The molecule has 3 heterocycles. The Bertz CT molecular complexity index is 1010. The van der Waals surface area contributed by atoms with Gasteiger partial charge in [-0.15, -0.1) is 0 Å². The zero-order valence-electron chi connectivity index (χ0n) is 14.6. The highest BCUT2D eigenvalue weighted by Crippen LogP contribution is 2.31. The fourth-order valence-corrected chi connectivity index (χ4v) is 3.30. The minimum atomic E-state index is -0.454. The van der Waals surface area contributed by atoms with Gasteiger partial charge in [0.1, 0.15) is 5.69 Å². The fraction of sp³-hybridized carbons (Fsp3) is 0.222. The van der Waals surface area contributed by atoms with Gasteiger partial charge in [-0.25, -0.2) is 0 Å². The molecule has 0 radical (unpaired) electrons. The lowest BCUT2D eigenvalue weighted by Gasteiger charge is -2.35. The first kappa shape index (κ1) is 18.1. The molecule has 0 N–H and O–H groups in total. The molecule has 1 aliphatic heterocycles. The summed E-state index contributed by atoms with van der Waals surface area (Å²) in [4.78, 5) is 27.0. The molecule has 2 aromatic heterocycles. The molecule has 9 nitrogen and oxygen atoms in total. The van der Waals surface area contributed by atoms with E-state index in [-0.39, 0.29) is 17.3 Å². The van der Waals surface area contributed by atoms with Crippen LogP contribution < -0.4 is 4.90 Å². The molecular weight excluding hydrogens is 388 g/mol. The molecule has 4 rings (SSSR count). The second kappa shape index (κ2) is 7.35. The van der Waals surface area contributed by atoms with Crippen molar-refractivity contribution in [3.05, 3.63) is 63.5 Å². The predicted molar refractivity (Wildman–Crippen MR) is 100 cm³/mol. The first-order valence-corrected chi connectivity index (χ1v) is 8.89. The van der Waals surface area contributed by atoms with Crippen molar-refractivity contribution in [3.63, 3.8) is 0 Å². The SMILES string of the molecule is O=C(c1cc(-c2ccco2)on1)N1CCN(c2ccc(Cl)cc2[N+](=O)[O-])CC1. The van der Waals surface area contributed by atoms with E-state index in [1.807, 2.05) is 4.90 Å². The van der Waals surface area contributed by atoms with Crippen LogP contribution >= 0.6 is 11.6 Å². The van der Waals surface area contributed by atoms with Gasteiger partial charge in [-0.3, -0.25) is 14.9 Å². The van der Waals surface area contributed by atoms with E-state index >= 15 is 0 Å². The number of carbonyl (C=O) groups excluding carboxylic acids is 1. The summed E-state index contributed by atoms with van der Waals surface area (Å²) in [5.74, 6) is 0.613. The second-order valence-corrected chi connectivity index (χ2v) is 6.66. The zero-order chi connectivity index (χ0) is 19.7. The number of amides is 1. The Morgan fingerprint density at radius 2 is 1.93 bits per heavy atom. The molecule has 1 amide bonds. The number of piperazine rings is 1. The van der Waals surface area contributed by atoms with E-state index < -0.39 is 4.92 Å². The molecule has 0 bridgehead atoms. The molecule has 0 unspecified atom stereocenters. The van der Waals surface area contributed by atoms with Gasteiger partial charge >= 0.3 is 0 Å². The van der Waals surface area contributed by atoms with Crippen LogP contribution in [0.5, 0.6) is 0 Å². The van der Waals surface area contributed by atoms with Crippen LogP contribution in [0.2, 0.25) is 5.02 Å². The average Bonchev–Trinajstić information content (AvgIpc) is 3.39. The zero-order valence-corrected chi connectivity index (χ0v) is 15.3. The molecule has 3 aromatic rings. The van der Waals surface area contributed by atoms with E-state index in [9.17, 15) is 14.9 Å². The number of hydrogen-bond donors (Lipinski definition) is 0. The number of benzene rings is 1. The Labute approximate surface area is 164 Å². The van der Waals surface area contributed by atoms with Crippen molar-refractivity contribution in [2.75, 3.05) is 31.1 Å². The summed E-state index contributed by atoms with van der Waals surface area (Å²) < 4.78 is 10.4. The van der Waals surface area contributed by atoms with Gasteiger partial charge < -0.3 is 18.7 Å². The first-order valence-electron chi connectivity index (χ1n) is 8.51. The van der Waals surface area contributed by atoms with Gasteiger partial charge in [-0.05, 0) is 24.3 Å². The third-order valence-corrected chi connectivity index (χ3v) is 4.77. The van der Waals surface area contributed by atoms with Crippen molar-refractivity contribution in [1.29, 1.82) is 0 Å². The Balaban J connectivity index is 1.45. The summed E-state index contributed by atoms with van der Waals surface area (Å²) in [5, 5.41) is 15.4.